The van der Waals surface area contributed by atoms with E-state index in [0.29, 0.717) is 30.5 Å². The van der Waals surface area contributed by atoms with Crippen molar-refractivity contribution >= 4 is 51.7 Å². The Kier molecular flexibility index (Phi) is 26.4. The molecule has 2 saturated heterocycles. The Bertz CT molecular complexity index is 1090. The second kappa shape index (κ2) is 25.9. The SMILES string of the molecule is CCC(C)C(=O)OCO.CCC(C)C(=O)OCOP(=O)([O-])OC[N+](C)(C)C.CCC(C)C(=O)OCOP1(=O)OCCO1.O=P1(Cl)OCCO1. The van der Waals surface area contributed by atoms with Crippen molar-refractivity contribution in [3.8, 4) is 0 Å². The van der Waals surface area contributed by atoms with Gasteiger partial charge in [0.2, 0.25) is 6.79 Å². The zero-order valence-corrected chi connectivity index (χ0v) is 33.0. The number of hydrogen-bond donors (Lipinski definition) is 1. The molecule has 1 N–H and O–H groups in total. The van der Waals surface area contributed by atoms with Gasteiger partial charge < -0.3 is 28.7 Å². The number of halogens is 1. The molecule has 0 spiro atoms. The van der Waals surface area contributed by atoms with E-state index in [-0.39, 0.29) is 49.6 Å². The van der Waals surface area contributed by atoms with Gasteiger partial charge >= 0.3 is 32.7 Å². The molecule has 0 aliphatic carbocycles. The van der Waals surface area contributed by atoms with Crippen LogP contribution in [-0.2, 0) is 74.0 Å². The molecule has 0 aromatic heterocycles. The van der Waals surface area contributed by atoms with Crippen LogP contribution in [0.25, 0.3) is 0 Å². The molecule has 0 amide bonds. The number of rotatable bonds is 16. The van der Waals surface area contributed by atoms with Crippen LogP contribution in [0.15, 0.2) is 0 Å². The first-order valence-electron chi connectivity index (χ1n) is 15.2. The van der Waals surface area contributed by atoms with E-state index in [4.69, 9.17) is 34.7 Å². The van der Waals surface area contributed by atoms with E-state index in [0.717, 1.165) is 6.42 Å². The third kappa shape index (κ3) is 27.3. The lowest BCUT2D eigenvalue weighted by Crippen LogP contribution is -2.37. The molecule has 292 valence electrons. The Morgan fingerprint density at radius 3 is 1.51 bits per heavy atom. The van der Waals surface area contributed by atoms with Crippen molar-refractivity contribution in [3.63, 3.8) is 0 Å². The summed E-state index contributed by atoms with van der Waals surface area (Å²) >= 11 is 5.08. The molecule has 0 aromatic carbocycles. The highest BCUT2D eigenvalue weighted by Gasteiger charge is 2.32. The van der Waals surface area contributed by atoms with Gasteiger partial charge in [0.25, 0.3) is 7.82 Å². The van der Waals surface area contributed by atoms with Gasteiger partial charge in [-0.25, -0.2) is 13.7 Å². The lowest BCUT2D eigenvalue weighted by atomic mass is 10.1. The fraction of sp³-hybridized carbons (Fsp3) is 0.885. The number of aliphatic hydroxyl groups is 1. The van der Waals surface area contributed by atoms with Crippen molar-refractivity contribution in [2.45, 2.75) is 60.8 Å². The van der Waals surface area contributed by atoms with Gasteiger partial charge in [0.05, 0.1) is 65.3 Å². The van der Waals surface area contributed by atoms with Gasteiger partial charge in [-0.2, -0.15) is 0 Å². The Morgan fingerprint density at radius 1 is 0.776 bits per heavy atom. The van der Waals surface area contributed by atoms with Gasteiger partial charge in [0.1, 0.15) is 0 Å². The van der Waals surface area contributed by atoms with E-state index in [2.05, 4.69) is 27.6 Å². The minimum atomic E-state index is -4.43. The Labute approximate surface area is 293 Å². The van der Waals surface area contributed by atoms with Crippen LogP contribution in [0.3, 0.4) is 0 Å². The summed E-state index contributed by atoms with van der Waals surface area (Å²) in [5.41, 5.74) is 0. The maximum atomic E-state index is 11.4. The van der Waals surface area contributed by atoms with Gasteiger partial charge in [-0.15, -0.1) is 0 Å². The number of ether oxygens (including phenoxy) is 3. The molecular weight excluding hydrogens is 743 g/mol. The summed E-state index contributed by atoms with van der Waals surface area (Å²) in [5, 5.41) is 8.14. The number of esters is 3. The fourth-order valence-corrected chi connectivity index (χ4v) is 5.13. The Balaban J connectivity index is 0. The maximum absolute atomic E-state index is 11.4. The van der Waals surface area contributed by atoms with Crippen molar-refractivity contribution in [1.29, 1.82) is 0 Å². The standard InChI is InChI=1S/C10H22NO6P.C8H15O6P.C6H12O3.C2H4ClO3P/c1-6-9(2)10(12)15-8-17-18(13,14)16-7-11(3,4)5;1-3-7(2)8(9)11-6-14-15(10)12-4-5-13-15;1-3-5(2)6(8)9-4-7;3-7(4)5-1-2-6-7/h9H,6-8H2,1-5H3;7H,3-6H2,1-2H3;5,7H,3-4H2,1-2H3;1-2H2. The summed E-state index contributed by atoms with van der Waals surface area (Å²) in [4.78, 5) is 44.3. The predicted octanol–water partition coefficient (Wildman–Crippen LogP) is 4.31. The molecule has 0 aromatic rings. The van der Waals surface area contributed by atoms with Gasteiger partial charge in [0, 0.05) is 11.2 Å². The number of carbonyl (C=O) groups is 3. The molecule has 49 heavy (non-hydrogen) atoms. The van der Waals surface area contributed by atoms with Crippen LogP contribution in [0.1, 0.15) is 60.8 Å². The molecule has 2 fully saturated rings. The van der Waals surface area contributed by atoms with Crippen LogP contribution in [0.2, 0.25) is 0 Å². The molecule has 19 nitrogen and oxygen atoms in total. The van der Waals surface area contributed by atoms with E-state index in [1.54, 1.807) is 41.9 Å². The first-order chi connectivity index (χ1) is 22.6. The quantitative estimate of drug-likeness (QED) is 0.0753. The lowest BCUT2D eigenvalue weighted by molar-refractivity contribution is -0.887. The number of phosphoric acid groups is 2. The third-order valence-corrected chi connectivity index (χ3v) is 9.67. The summed E-state index contributed by atoms with van der Waals surface area (Å²) in [7, 11) is -2.57. The molecule has 0 saturated carbocycles. The average molecular weight is 796 g/mol. The fourth-order valence-electron chi connectivity index (χ4n) is 2.31. The zero-order valence-electron chi connectivity index (χ0n) is 29.6. The van der Waals surface area contributed by atoms with Crippen LogP contribution >= 0.6 is 33.8 Å². The lowest BCUT2D eigenvalue weighted by Gasteiger charge is -2.28. The van der Waals surface area contributed by atoms with Crippen molar-refractivity contribution < 1.29 is 88.4 Å². The number of phosphoric ester groups is 2. The van der Waals surface area contributed by atoms with Gasteiger partial charge in [-0.1, -0.05) is 41.5 Å². The third-order valence-electron chi connectivity index (χ3n) is 5.83. The predicted molar refractivity (Wildman–Crippen MR) is 172 cm³/mol. The summed E-state index contributed by atoms with van der Waals surface area (Å²) in [6.45, 7) is 7.26. The molecule has 0 bridgehead atoms. The summed E-state index contributed by atoms with van der Waals surface area (Å²) in [6.07, 6.45) is 2.05. The van der Waals surface area contributed by atoms with E-state index in [9.17, 15) is 33.0 Å². The minimum Gasteiger partial charge on any atom is -0.756 e. The molecule has 2 aliphatic heterocycles. The monoisotopic (exact) mass is 795 g/mol. The molecule has 4 atom stereocenters. The van der Waals surface area contributed by atoms with E-state index < -0.39 is 48.9 Å². The molecule has 2 rings (SSSR count). The minimum absolute atomic E-state index is 0.0555. The van der Waals surface area contributed by atoms with Crippen molar-refractivity contribution in [2.75, 3.05) is 74.7 Å². The molecular formula is C26H53ClNO18P3. The van der Waals surface area contributed by atoms with E-state index in [1.807, 2.05) is 20.8 Å². The number of nitrogens with zero attached hydrogens (tertiary/aromatic N) is 1. The number of hydrogen-bond acceptors (Lipinski definition) is 18. The zero-order chi connectivity index (χ0) is 38.3. The highest BCUT2D eigenvalue weighted by Crippen LogP contribution is 2.56. The molecule has 4 unspecified atom stereocenters. The first kappa shape index (κ1) is 50.1. The van der Waals surface area contributed by atoms with Gasteiger partial charge in [-0.3, -0.25) is 46.1 Å². The largest absolute Gasteiger partial charge is 0.756 e. The number of carbonyl (C=O) groups excluding carboxylic acids is 3. The Morgan fingerprint density at radius 2 is 1.16 bits per heavy atom. The first-order valence-corrected chi connectivity index (χ1v) is 20.6. The van der Waals surface area contributed by atoms with Gasteiger partial charge in [0.15, 0.2) is 20.3 Å². The average Bonchev–Trinajstić information content (AvgIpc) is 3.66. The smallest absolute Gasteiger partial charge is 0.477 e. The normalized spacial score (nSPS) is 19.1. The van der Waals surface area contributed by atoms with Crippen molar-refractivity contribution in [1.82, 2.24) is 0 Å². The molecule has 2 heterocycles. The topological polar surface area (TPSA) is 238 Å². The second-order valence-corrected chi connectivity index (χ2v) is 16.8. The molecule has 2 aliphatic rings. The molecule has 0 radical (unpaired) electrons. The van der Waals surface area contributed by atoms with Crippen LogP contribution in [-0.4, -0.2) is 102 Å². The summed E-state index contributed by atoms with van der Waals surface area (Å²) < 4.78 is 79.1. The van der Waals surface area contributed by atoms with Gasteiger partial charge in [-0.05, 0) is 19.3 Å². The van der Waals surface area contributed by atoms with Crippen LogP contribution in [0.4, 0.5) is 0 Å². The van der Waals surface area contributed by atoms with E-state index in [1.165, 1.54) is 0 Å². The number of aliphatic hydroxyl groups excluding tert-OH is 1. The summed E-state index contributed by atoms with van der Waals surface area (Å²) in [6, 6.07) is 0. The Hall–Kier alpha value is -1.01. The number of quaternary nitrogens is 1. The summed E-state index contributed by atoms with van der Waals surface area (Å²) in [5.74, 6) is -1.80. The van der Waals surface area contributed by atoms with E-state index >= 15 is 0 Å². The highest BCUT2D eigenvalue weighted by atomic mass is 35.7. The van der Waals surface area contributed by atoms with Crippen LogP contribution < -0.4 is 4.89 Å². The molecule has 23 heteroatoms. The highest BCUT2D eigenvalue weighted by molar-refractivity contribution is 7.81. The second-order valence-electron chi connectivity index (χ2n) is 11.1. The van der Waals surface area contributed by atoms with Crippen LogP contribution in [0, 0.1) is 17.8 Å². The van der Waals surface area contributed by atoms with Crippen LogP contribution in [0.5, 0.6) is 0 Å². The van der Waals surface area contributed by atoms with Crippen molar-refractivity contribution in [3.05, 3.63) is 0 Å². The maximum Gasteiger partial charge on any atom is 0.477 e. The van der Waals surface area contributed by atoms with Crippen molar-refractivity contribution in [2.24, 2.45) is 17.8 Å².